The first-order valence-corrected chi connectivity index (χ1v) is 4.33. The summed E-state index contributed by atoms with van der Waals surface area (Å²) in [5.74, 6) is 0. The number of carbonyl (C=O) groups is 1. The number of morpholine rings is 1. The van der Waals surface area contributed by atoms with Gasteiger partial charge in [0.15, 0.2) is 0 Å². The minimum absolute atomic E-state index is 0.414. The van der Waals surface area contributed by atoms with Crippen molar-refractivity contribution in [3.05, 3.63) is 12.2 Å². The Morgan fingerprint density at radius 3 is 2.75 bits per heavy atom. The van der Waals surface area contributed by atoms with Crippen molar-refractivity contribution in [1.29, 1.82) is 0 Å². The fourth-order valence-corrected chi connectivity index (χ4v) is 1.17. The van der Waals surface area contributed by atoms with Crippen LogP contribution in [0, 0.1) is 0 Å². The molecule has 0 spiro atoms. The van der Waals surface area contributed by atoms with Crippen molar-refractivity contribution in [2.75, 3.05) is 32.8 Å². The molecule has 0 aliphatic carbocycles. The van der Waals surface area contributed by atoms with Gasteiger partial charge in [0, 0.05) is 19.6 Å². The third-order valence-corrected chi connectivity index (χ3v) is 1.84. The standard InChI is InChI=1S/C8H12ClNO2/c9-8(11)2-1-3-10-4-6-12-7-5-10/h1-2H,3-7H2/b2-1+. The SMILES string of the molecule is O=C(Cl)/C=C/CN1CCOCC1. The Bertz CT molecular complexity index is 176. The van der Waals surface area contributed by atoms with Crippen molar-refractivity contribution < 1.29 is 9.53 Å². The van der Waals surface area contributed by atoms with E-state index in [1.807, 2.05) is 0 Å². The Kier molecular flexibility index (Phi) is 4.29. The van der Waals surface area contributed by atoms with Gasteiger partial charge in [0.1, 0.15) is 0 Å². The molecule has 3 nitrogen and oxygen atoms in total. The third-order valence-electron chi connectivity index (χ3n) is 1.72. The predicted octanol–water partition coefficient (Wildman–Crippen LogP) is 0.640. The van der Waals surface area contributed by atoms with Crippen molar-refractivity contribution >= 4 is 16.8 Å². The molecule has 0 amide bonds. The number of hydrogen-bond acceptors (Lipinski definition) is 3. The van der Waals surface area contributed by atoms with Crippen LogP contribution in [0.2, 0.25) is 0 Å². The monoisotopic (exact) mass is 189 g/mol. The molecule has 0 aromatic heterocycles. The number of rotatable bonds is 3. The molecule has 1 rings (SSSR count). The Balaban J connectivity index is 2.17. The lowest BCUT2D eigenvalue weighted by atomic mass is 10.4. The van der Waals surface area contributed by atoms with E-state index in [9.17, 15) is 4.79 Å². The van der Waals surface area contributed by atoms with Crippen LogP contribution in [0.5, 0.6) is 0 Å². The summed E-state index contributed by atoms with van der Waals surface area (Å²) in [5.41, 5.74) is 0. The summed E-state index contributed by atoms with van der Waals surface area (Å²) in [6.45, 7) is 4.20. The van der Waals surface area contributed by atoms with Gasteiger partial charge in [-0.05, 0) is 17.7 Å². The largest absolute Gasteiger partial charge is 0.379 e. The zero-order valence-electron chi connectivity index (χ0n) is 6.83. The molecule has 0 atom stereocenters. The fourth-order valence-electron chi connectivity index (χ4n) is 1.08. The van der Waals surface area contributed by atoms with Gasteiger partial charge < -0.3 is 4.74 Å². The summed E-state index contributed by atoms with van der Waals surface area (Å²) in [6, 6.07) is 0. The molecule has 12 heavy (non-hydrogen) atoms. The number of nitrogens with zero attached hydrogens (tertiary/aromatic N) is 1. The molecular formula is C8H12ClNO2. The van der Waals surface area contributed by atoms with Crippen LogP contribution in [-0.4, -0.2) is 43.0 Å². The predicted molar refractivity (Wildman–Crippen MR) is 47.3 cm³/mol. The molecule has 1 aliphatic rings. The molecule has 1 aliphatic heterocycles. The first-order valence-electron chi connectivity index (χ1n) is 3.95. The van der Waals surface area contributed by atoms with Crippen molar-refractivity contribution in [2.24, 2.45) is 0 Å². The average Bonchev–Trinajstić information content (AvgIpc) is 2.05. The topological polar surface area (TPSA) is 29.5 Å². The van der Waals surface area contributed by atoms with Gasteiger partial charge in [-0.3, -0.25) is 9.69 Å². The summed E-state index contributed by atoms with van der Waals surface area (Å²) in [5, 5.41) is -0.414. The van der Waals surface area contributed by atoms with Crippen LogP contribution < -0.4 is 0 Å². The van der Waals surface area contributed by atoms with Crippen molar-refractivity contribution in [3.8, 4) is 0 Å². The second kappa shape index (κ2) is 5.30. The summed E-state index contributed by atoms with van der Waals surface area (Å²) in [7, 11) is 0. The highest BCUT2D eigenvalue weighted by atomic mass is 35.5. The Morgan fingerprint density at radius 2 is 2.17 bits per heavy atom. The molecule has 0 radical (unpaired) electrons. The first-order chi connectivity index (χ1) is 5.79. The van der Waals surface area contributed by atoms with Crippen LogP contribution in [-0.2, 0) is 9.53 Å². The minimum Gasteiger partial charge on any atom is -0.379 e. The molecule has 1 heterocycles. The molecule has 1 fully saturated rings. The number of halogens is 1. The Labute approximate surface area is 76.9 Å². The smallest absolute Gasteiger partial charge is 0.244 e. The van der Waals surface area contributed by atoms with E-state index in [-0.39, 0.29) is 0 Å². The average molecular weight is 190 g/mol. The van der Waals surface area contributed by atoms with Gasteiger partial charge in [0.25, 0.3) is 0 Å². The van der Waals surface area contributed by atoms with Gasteiger partial charge in [-0.2, -0.15) is 0 Å². The fraction of sp³-hybridized carbons (Fsp3) is 0.625. The second-order valence-corrected chi connectivity index (χ2v) is 2.99. The third kappa shape index (κ3) is 3.85. The summed E-state index contributed by atoms with van der Waals surface area (Å²) in [4.78, 5) is 12.5. The van der Waals surface area contributed by atoms with Gasteiger partial charge in [-0.25, -0.2) is 0 Å². The number of ether oxygens (including phenoxy) is 1. The van der Waals surface area contributed by atoms with E-state index in [1.54, 1.807) is 6.08 Å². The van der Waals surface area contributed by atoms with E-state index < -0.39 is 5.24 Å². The maximum atomic E-state index is 10.3. The van der Waals surface area contributed by atoms with Crippen LogP contribution in [0.3, 0.4) is 0 Å². The van der Waals surface area contributed by atoms with Crippen LogP contribution in [0.4, 0.5) is 0 Å². The van der Waals surface area contributed by atoms with E-state index in [4.69, 9.17) is 16.3 Å². The van der Waals surface area contributed by atoms with Gasteiger partial charge in [0.05, 0.1) is 13.2 Å². The quantitative estimate of drug-likeness (QED) is 0.482. The number of carbonyl (C=O) groups excluding carboxylic acids is 1. The molecule has 0 unspecified atom stereocenters. The summed E-state index contributed by atoms with van der Waals surface area (Å²) in [6.07, 6.45) is 3.16. The number of allylic oxidation sites excluding steroid dienone is 1. The minimum atomic E-state index is -0.414. The summed E-state index contributed by atoms with van der Waals surface area (Å²) < 4.78 is 5.17. The molecule has 0 aromatic rings. The van der Waals surface area contributed by atoms with E-state index in [1.165, 1.54) is 6.08 Å². The lowest BCUT2D eigenvalue weighted by Gasteiger charge is -2.24. The molecule has 1 saturated heterocycles. The Morgan fingerprint density at radius 1 is 1.50 bits per heavy atom. The van der Waals surface area contributed by atoms with Gasteiger partial charge in [0.2, 0.25) is 5.24 Å². The van der Waals surface area contributed by atoms with Crippen molar-refractivity contribution in [3.63, 3.8) is 0 Å². The van der Waals surface area contributed by atoms with E-state index in [0.717, 1.165) is 32.8 Å². The van der Waals surface area contributed by atoms with E-state index in [2.05, 4.69) is 4.90 Å². The lowest BCUT2D eigenvalue weighted by molar-refractivity contribution is -0.107. The second-order valence-electron chi connectivity index (χ2n) is 2.62. The van der Waals surface area contributed by atoms with Crippen LogP contribution >= 0.6 is 11.6 Å². The van der Waals surface area contributed by atoms with Crippen LogP contribution in [0.25, 0.3) is 0 Å². The molecular weight excluding hydrogens is 178 g/mol. The molecule has 0 N–H and O–H groups in total. The summed E-state index contributed by atoms with van der Waals surface area (Å²) >= 11 is 5.13. The first kappa shape index (κ1) is 9.71. The molecule has 68 valence electrons. The highest BCUT2D eigenvalue weighted by Gasteiger charge is 2.07. The van der Waals surface area contributed by atoms with Crippen molar-refractivity contribution in [1.82, 2.24) is 4.90 Å². The molecule has 0 bridgehead atoms. The van der Waals surface area contributed by atoms with Gasteiger partial charge >= 0.3 is 0 Å². The maximum absolute atomic E-state index is 10.3. The zero-order chi connectivity index (χ0) is 8.81. The van der Waals surface area contributed by atoms with Crippen molar-refractivity contribution in [2.45, 2.75) is 0 Å². The lowest BCUT2D eigenvalue weighted by Crippen LogP contribution is -2.36. The molecule has 4 heteroatoms. The van der Waals surface area contributed by atoms with Gasteiger partial charge in [-0.15, -0.1) is 0 Å². The van der Waals surface area contributed by atoms with Crippen LogP contribution in [0.15, 0.2) is 12.2 Å². The number of hydrogen-bond donors (Lipinski definition) is 0. The molecule has 0 saturated carbocycles. The van der Waals surface area contributed by atoms with E-state index >= 15 is 0 Å². The van der Waals surface area contributed by atoms with Gasteiger partial charge in [-0.1, -0.05) is 6.08 Å². The normalized spacial score (nSPS) is 20.1. The van der Waals surface area contributed by atoms with Crippen LogP contribution in [0.1, 0.15) is 0 Å². The Hall–Kier alpha value is -0.380. The molecule has 0 aromatic carbocycles. The zero-order valence-corrected chi connectivity index (χ0v) is 7.59. The highest BCUT2D eigenvalue weighted by molar-refractivity contribution is 6.66. The van der Waals surface area contributed by atoms with E-state index in [0.29, 0.717) is 0 Å². The maximum Gasteiger partial charge on any atom is 0.244 e. The highest BCUT2D eigenvalue weighted by Crippen LogP contribution is 1.96.